The van der Waals surface area contributed by atoms with Gasteiger partial charge in [0, 0.05) is 20.1 Å². The molecule has 0 bridgehead atoms. The van der Waals surface area contributed by atoms with Crippen molar-refractivity contribution in [2.24, 2.45) is 0 Å². The summed E-state index contributed by atoms with van der Waals surface area (Å²) in [5.74, 6) is 0. The number of methoxy groups -OCH3 is 1. The minimum atomic E-state index is -4.03. The molecule has 0 heterocycles. The summed E-state index contributed by atoms with van der Waals surface area (Å²) in [5, 5.41) is 2.88. The van der Waals surface area contributed by atoms with Gasteiger partial charge in [-0.1, -0.05) is 0 Å². The molecule has 0 aromatic rings. The molecule has 0 aliphatic heterocycles. The predicted octanol–water partition coefficient (Wildman–Crippen LogP) is 1.95. The SMILES string of the molecule is COC(C)CNCCCC(F)(F)F. The molecule has 13 heavy (non-hydrogen) atoms. The van der Waals surface area contributed by atoms with E-state index in [9.17, 15) is 13.2 Å². The highest BCUT2D eigenvalue weighted by molar-refractivity contribution is 4.57. The van der Waals surface area contributed by atoms with Crippen molar-refractivity contribution >= 4 is 0 Å². The Hall–Kier alpha value is -0.290. The summed E-state index contributed by atoms with van der Waals surface area (Å²) in [6, 6.07) is 0. The summed E-state index contributed by atoms with van der Waals surface area (Å²) in [6.07, 6.45) is -4.58. The zero-order chi connectivity index (χ0) is 10.3. The van der Waals surface area contributed by atoms with E-state index in [1.54, 1.807) is 7.11 Å². The number of alkyl halides is 3. The van der Waals surface area contributed by atoms with E-state index < -0.39 is 12.6 Å². The van der Waals surface area contributed by atoms with Crippen molar-refractivity contribution in [2.45, 2.75) is 32.0 Å². The van der Waals surface area contributed by atoms with Gasteiger partial charge in [-0.25, -0.2) is 0 Å². The van der Waals surface area contributed by atoms with E-state index in [1.807, 2.05) is 6.92 Å². The maximum atomic E-state index is 11.7. The molecule has 0 spiro atoms. The van der Waals surface area contributed by atoms with E-state index in [0.29, 0.717) is 13.1 Å². The maximum absolute atomic E-state index is 11.7. The van der Waals surface area contributed by atoms with Gasteiger partial charge in [0.2, 0.25) is 0 Å². The molecule has 0 aliphatic carbocycles. The zero-order valence-corrected chi connectivity index (χ0v) is 7.95. The van der Waals surface area contributed by atoms with Crippen LogP contribution in [0.2, 0.25) is 0 Å². The zero-order valence-electron chi connectivity index (χ0n) is 7.95. The smallest absolute Gasteiger partial charge is 0.380 e. The molecule has 0 saturated carbocycles. The third kappa shape index (κ3) is 9.63. The Kier molecular flexibility index (Phi) is 6.07. The fourth-order valence-electron chi connectivity index (χ4n) is 0.802. The molecular weight excluding hydrogens is 183 g/mol. The van der Waals surface area contributed by atoms with Gasteiger partial charge in [-0.15, -0.1) is 0 Å². The molecule has 5 heteroatoms. The summed E-state index contributed by atoms with van der Waals surface area (Å²) < 4.78 is 39.9. The molecule has 0 amide bonds. The predicted molar refractivity (Wildman–Crippen MR) is 44.6 cm³/mol. The largest absolute Gasteiger partial charge is 0.389 e. The highest BCUT2D eigenvalue weighted by Gasteiger charge is 2.25. The molecule has 0 fully saturated rings. The third-order valence-electron chi connectivity index (χ3n) is 1.65. The van der Waals surface area contributed by atoms with Crippen molar-refractivity contribution in [3.63, 3.8) is 0 Å². The van der Waals surface area contributed by atoms with Gasteiger partial charge < -0.3 is 10.1 Å². The highest BCUT2D eigenvalue weighted by Crippen LogP contribution is 2.20. The lowest BCUT2D eigenvalue weighted by atomic mass is 10.3. The third-order valence-corrected chi connectivity index (χ3v) is 1.65. The molecule has 0 aliphatic rings. The summed E-state index contributed by atoms with van der Waals surface area (Å²) in [6.45, 7) is 2.83. The van der Waals surface area contributed by atoms with Crippen molar-refractivity contribution in [3.05, 3.63) is 0 Å². The van der Waals surface area contributed by atoms with E-state index in [1.165, 1.54) is 0 Å². The topological polar surface area (TPSA) is 21.3 Å². The van der Waals surface area contributed by atoms with Crippen LogP contribution in [0.25, 0.3) is 0 Å². The van der Waals surface area contributed by atoms with Gasteiger partial charge >= 0.3 is 6.18 Å². The van der Waals surface area contributed by atoms with Gasteiger partial charge in [-0.05, 0) is 19.9 Å². The Bertz CT molecular complexity index is 127. The van der Waals surface area contributed by atoms with Crippen molar-refractivity contribution in [1.29, 1.82) is 0 Å². The molecule has 0 rings (SSSR count). The molecule has 0 saturated heterocycles. The van der Waals surface area contributed by atoms with Crippen LogP contribution in [0.1, 0.15) is 19.8 Å². The Labute approximate surface area is 76.5 Å². The van der Waals surface area contributed by atoms with Crippen LogP contribution in [0, 0.1) is 0 Å². The van der Waals surface area contributed by atoms with E-state index in [-0.39, 0.29) is 12.5 Å². The lowest BCUT2D eigenvalue weighted by Crippen LogP contribution is -2.27. The van der Waals surface area contributed by atoms with Gasteiger partial charge in [0.05, 0.1) is 6.10 Å². The van der Waals surface area contributed by atoms with Crippen molar-refractivity contribution in [1.82, 2.24) is 5.32 Å². The second-order valence-electron chi connectivity index (χ2n) is 2.97. The average Bonchev–Trinajstić information content (AvgIpc) is 2.01. The van der Waals surface area contributed by atoms with Gasteiger partial charge in [-0.3, -0.25) is 0 Å². The lowest BCUT2D eigenvalue weighted by Gasteiger charge is -2.11. The number of hydrogen-bond donors (Lipinski definition) is 1. The molecule has 0 radical (unpaired) electrons. The fraction of sp³-hybridized carbons (Fsp3) is 1.00. The second kappa shape index (κ2) is 6.21. The van der Waals surface area contributed by atoms with Crippen molar-refractivity contribution in [2.75, 3.05) is 20.2 Å². The van der Waals surface area contributed by atoms with E-state index in [0.717, 1.165) is 0 Å². The number of nitrogens with one attached hydrogen (secondary N) is 1. The highest BCUT2D eigenvalue weighted by atomic mass is 19.4. The first kappa shape index (κ1) is 12.7. The normalized spacial score (nSPS) is 14.5. The molecule has 1 atom stereocenters. The minimum Gasteiger partial charge on any atom is -0.380 e. The van der Waals surface area contributed by atoms with Crippen LogP contribution in [0.4, 0.5) is 13.2 Å². The quantitative estimate of drug-likeness (QED) is 0.660. The monoisotopic (exact) mass is 199 g/mol. The number of hydrogen-bond acceptors (Lipinski definition) is 2. The number of rotatable bonds is 6. The van der Waals surface area contributed by atoms with Gasteiger partial charge in [0.1, 0.15) is 0 Å². The summed E-state index contributed by atoms with van der Waals surface area (Å²) in [7, 11) is 1.57. The summed E-state index contributed by atoms with van der Waals surface area (Å²) in [5.41, 5.74) is 0. The maximum Gasteiger partial charge on any atom is 0.389 e. The molecule has 1 N–H and O–H groups in total. The molecule has 80 valence electrons. The fourth-order valence-corrected chi connectivity index (χ4v) is 0.802. The minimum absolute atomic E-state index is 0.0471. The van der Waals surface area contributed by atoms with Gasteiger partial charge in [-0.2, -0.15) is 13.2 Å². The Morgan fingerprint density at radius 2 is 2.00 bits per heavy atom. The second-order valence-corrected chi connectivity index (χ2v) is 2.97. The van der Waals surface area contributed by atoms with Crippen LogP contribution in [-0.2, 0) is 4.74 Å². The first-order valence-electron chi connectivity index (χ1n) is 4.26. The summed E-state index contributed by atoms with van der Waals surface area (Å²) in [4.78, 5) is 0. The first-order valence-corrected chi connectivity index (χ1v) is 4.26. The lowest BCUT2D eigenvalue weighted by molar-refractivity contribution is -0.135. The average molecular weight is 199 g/mol. The Balaban J connectivity index is 3.18. The Morgan fingerprint density at radius 1 is 1.38 bits per heavy atom. The van der Waals surface area contributed by atoms with Crippen LogP contribution in [0.15, 0.2) is 0 Å². The molecule has 1 unspecified atom stereocenters. The van der Waals surface area contributed by atoms with Crippen LogP contribution < -0.4 is 5.32 Å². The van der Waals surface area contributed by atoms with E-state index in [2.05, 4.69) is 5.32 Å². The number of ether oxygens (including phenoxy) is 1. The summed E-state index contributed by atoms with van der Waals surface area (Å²) >= 11 is 0. The first-order chi connectivity index (χ1) is 5.95. The molecule has 0 aromatic heterocycles. The van der Waals surface area contributed by atoms with E-state index >= 15 is 0 Å². The number of halogens is 3. The van der Waals surface area contributed by atoms with Gasteiger partial charge in [0.25, 0.3) is 0 Å². The standard InChI is InChI=1S/C8H16F3NO/c1-7(13-2)6-12-5-3-4-8(9,10)11/h7,12H,3-6H2,1-2H3. The van der Waals surface area contributed by atoms with Crippen molar-refractivity contribution < 1.29 is 17.9 Å². The van der Waals surface area contributed by atoms with Crippen LogP contribution in [-0.4, -0.2) is 32.5 Å². The molecule has 2 nitrogen and oxygen atoms in total. The van der Waals surface area contributed by atoms with Crippen LogP contribution in [0.5, 0.6) is 0 Å². The Morgan fingerprint density at radius 3 is 2.46 bits per heavy atom. The van der Waals surface area contributed by atoms with Crippen LogP contribution >= 0.6 is 0 Å². The molecular formula is C8H16F3NO. The van der Waals surface area contributed by atoms with E-state index in [4.69, 9.17) is 4.74 Å². The van der Waals surface area contributed by atoms with Crippen molar-refractivity contribution in [3.8, 4) is 0 Å². The van der Waals surface area contributed by atoms with Gasteiger partial charge in [0.15, 0.2) is 0 Å². The molecule has 0 aromatic carbocycles. The van der Waals surface area contributed by atoms with Crippen LogP contribution in [0.3, 0.4) is 0 Å².